The maximum Gasteiger partial charge on any atom is 0.301 e. The number of rotatable bonds is 6. The maximum atomic E-state index is 17.2. The Bertz CT molecular complexity index is 2990. The molecule has 2 heterocycles. The summed E-state index contributed by atoms with van der Waals surface area (Å²) in [7, 11) is -8.15. The highest BCUT2D eigenvalue weighted by Gasteiger charge is 2.57. The van der Waals surface area contributed by atoms with Crippen LogP contribution < -0.4 is 29.3 Å². The summed E-state index contributed by atoms with van der Waals surface area (Å²) < 4.78 is 41.7. The highest BCUT2D eigenvalue weighted by Crippen LogP contribution is 2.79. The molecule has 0 N–H and O–H groups in total. The molecule has 0 fully saturated rings. The molecule has 0 saturated heterocycles. The van der Waals surface area contributed by atoms with Crippen molar-refractivity contribution in [1.29, 1.82) is 21.0 Å². The van der Waals surface area contributed by atoms with Crippen LogP contribution in [0.1, 0.15) is 44.5 Å². The van der Waals surface area contributed by atoms with Crippen LogP contribution in [0.3, 0.4) is 0 Å². The van der Waals surface area contributed by atoms with Gasteiger partial charge in [0.05, 0.1) is 79.9 Å². The van der Waals surface area contributed by atoms with Gasteiger partial charge in [0.1, 0.15) is 0 Å². The Morgan fingerprint density at radius 1 is 0.355 bits per heavy atom. The lowest BCUT2D eigenvalue weighted by atomic mass is 10.1. The molecule has 12 heteroatoms. The molecular formula is C50H36N8O2P2. The van der Waals surface area contributed by atoms with Crippen molar-refractivity contribution in [1.82, 2.24) is 0 Å². The van der Waals surface area contributed by atoms with Gasteiger partial charge in [0, 0.05) is 22.7 Å². The van der Waals surface area contributed by atoms with Crippen LogP contribution in [0.5, 0.6) is 0 Å². The lowest BCUT2D eigenvalue weighted by Gasteiger charge is -2.35. The molecular weight excluding hydrogens is 807 g/mol. The van der Waals surface area contributed by atoms with E-state index in [0.717, 1.165) is 22.3 Å². The molecule has 0 radical (unpaired) electrons. The van der Waals surface area contributed by atoms with Crippen LogP contribution >= 0.6 is 14.9 Å². The number of nitriles is 4. The fraction of sp³-hybridized carbons (Fsp3) is 0.0800. The van der Waals surface area contributed by atoms with E-state index in [1.165, 1.54) is 0 Å². The highest BCUT2D eigenvalue weighted by molar-refractivity contribution is 7.77. The van der Waals surface area contributed by atoms with Gasteiger partial charge in [0.25, 0.3) is 0 Å². The normalized spacial score (nSPS) is 17.4. The van der Waals surface area contributed by atoms with Gasteiger partial charge >= 0.3 is 14.9 Å². The Morgan fingerprint density at radius 2 is 0.597 bits per heavy atom. The van der Waals surface area contributed by atoms with Crippen molar-refractivity contribution >= 4 is 71.0 Å². The second-order valence-corrected chi connectivity index (χ2v) is 20.3. The minimum Gasteiger partial charge on any atom is -0.270 e. The number of hydrogen-bond acceptors (Lipinski definition) is 6. The van der Waals surface area contributed by atoms with E-state index in [1.807, 2.05) is 94.9 Å². The van der Waals surface area contributed by atoms with Crippen LogP contribution in [0.4, 0.5) is 45.5 Å². The van der Waals surface area contributed by atoms with E-state index in [4.69, 9.17) is 0 Å². The standard InChI is InChI=1S/C50H36N8O2P2/c1-33-23-34(2)26-45(25-33)61(59)55(41-13-5-37(29-51)6-14-41)47-21-22-48-50(49(47)57(61)43-17-9-39(31-53)10-18-43)58(44-19-11-40(32-54)12-20-44)62(60,46-27-35(3)24-36(4)28-46)56(48)42-15-7-38(30-52)8-16-42/h5-28H,1-4H3. The highest BCUT2D eigenvalue weighted by atomic mass is 31.2. The summed E-state index contributed by atoms with van der Waals surface area (Å²) in [5.74, 6) is 0. The van der Waals surface area contributed by atoms with Gasteiger partial charge in [0.2, 0.25) is 0 Å². The van der Waals surface area contributed by atoms with E-state index in [-0.39, 0.29) is 0 Å². The largest absolute Gasteiger partial charge is 0.301 e. The number of fused-ring (bicyclic) bond motifs is 3. The van der Waals surface area contributed by atoms with E-state index in [1.54, 1.807) is 97.1 Å². The quantitative estimate of drug-likeness (QED) is 0.148. The zero-order chi connectivity index (χ0) is 43.5. The molecule has 2 unspecified atom stereocenters. The van der Waals surface area contributed by atoms with Gasteiger partial charge in [-0.1, -0.05) is 12.1 Å². The fourth-order valence-electron chi connectivity index (χ4n) is 8.63. The van der Waals surface area contributed by atoms with Gasteiger partial charge < -0.3 is 0 Å². The summed E-state index contributed by atoms with van der Waals surface area (Å²) in [4.78, 5) is 0. The molecule has 2 aliphatic rings. The molecule has 298 valence electrons. The average Bonchev–Trinajstić information content (AvgIpc) is 3.72. The van der Waals surface area contributed by atoms with E-state index in [0.29, 0.717) is 78.4 Å². The molecule has 0 aromatic heterocycles. The summed E-state index contributed by atoms with van der Waals surface area (Å²) in [5.41, 5.74) is 9.58. The van der Waals surface area contributed by atoms with Crippen molar-refractivity contribution in [2.45, 2.75) is 27.7 Å². The minimum atomic E-state index is -4.08. The van der Waals surface area contributed by atoms with Gasteiger partial charge in [-0.2, -0.15) is 21.0 Å². The molecule has 0 bridgehead atoms. The second-order valence-electron chi connectivity index (χ2n) is 15.5. The molecule has 0 amide bonds. The lowest BCUT2D eigenvalue weighted by molar-refractivity contribution is 0.581. The zero-order valence-corrected chi connectivity index (χ0v) is 35.9. The van der Waals surface area contributed by atoms with Crippen molar-refractivity contribution < 1.29 is 9.13 Å². The summed E-state index contributed by atoms with van der Waals surface area (Å²) in [6.07, 6.45) is 0. The number of hydrogen-bond donors (Lipinski definition) is 0. The van der Waals surface area contributed by atoms with Gasteiger partial charge in [-0.25, -0.2) is 0 Å². The first kappa shape index (κ1) is 39.6. The zero-order valence-electron chi connectivity index (χ0n) is 34.1. The third-order valence-corrected chi connectivity index (χ3v) is 16.9. The molecule has 7 aromatic rings. The number of anilines is 8. The third-order valence-electron chi connectivity index (χ3n) is 11.1. The SMILES string of the molecule is Cc1cc(C)cc(P2(=O)N(c3ccc(C#N)cc3)c3ccc4c(c3N2c2ccc(C#N)cc2)N(c2ccc(C#N)cc2)P(=O)(c2cc(C)cc(C)c2)N4c2ccc(C#N)cc2)c1. The lowest BCUT2D eigenvalue weighted by Crippen LogP contribution is -2.28. The Balaban J connectivity index is 1.47. The van der Waals surface area contributed by atoms with Crippen LogP contribution in [-0.4, -0.2) is 0 Å². The second kappa shape index (κ2) is 15.0. The predicted octanol–water partition coefficient (Wildman–Crippen LogP) is 12.0. The number of benzene rings is 7. The number of aryl methyl sites for hydroxylation is 4. The predicted molar refractivity (Wildman–Crippen MR) is 246 cm³/mol. The van der Waals surface area contributed by atoms with Crippen LogP contribution in [0.15, 0.2) is 146 Å². The molecule has 0 spiro atoms. The first-order valence-corrected chi connectivity index (χ1v) is 22.9. The Kier molecular flexibility index (Phi) is 9.59. The molecule has 2 aliphatic heterocycles. The molecule has 0 aliphatic carbocycles. The van der Waals surface area contributed by atoms with Crippen molar-refractivity contribution in [2.75, 3.05) is 18.7 Å². The van der Waals surface area contributed by atoms with Crippen molar-refractivity contribution in [2.24, 2.45) is 0 Å². The van der Waals surface area contributed by atoms with Gasteiger partial charge in [-0.15, -0.1) is 0 Å². The molecule has 9 rings (SSSR count). The van der Waals surface area contributed by atoms with Crippen LogP contribution in [0.2, 0.25) is 0 Å². The average molecular weight is 843 g/mol. The summed E-state index contributed by atoms with van der Waals surface area (Å²) in [6, 6.07) is 52.2. The van der Waals surface area contributed by atoms with E-state index in [2.05, 4.69) is 24.3 Å². The third kappa shape index (κ3) is 6.14. The van der Waals surface area contributed by atoms with Crippen LogP contribution in [0, 0.1) is 73.0 Å². The molecule has 62 heavy (non-hydrogen) atoms. The van der Waals surface area contributed by atoms with E-state index < -0.39 is 14.9 Å². The van der Waals surface area contributed by atoms with Crippen molar-refractivity contribution in [3.8, 4) is 24.3 Å². The van der Waals surface area contributed by atoms with Gasteiger partial charge in [-0.3, -0.25) is 27.8 Å². The monoisotopic (exact) mass is 842 g/mol. The molecule has 0 saturated carbocycles. The van der Waals surface area contributed by atoms with E-state index >= 15 is 9.13 Å². The first-order chi connectivity index (χ1) is 29.9. The summed E-state index contributed by atoms with van der Waals surface area (Å²) in [6.45, 7) is 7.85. The smallest absolute Gasteiger partial charge is 0.270 e. The number of nitrogens with zero attached hydrogens (tertiary/aromatic N) is 8. The maximum absolute atomic E-state index is 17.2. The van der Waals surface area contributed by atoms with Crippen molar-refractivity contribution in [3.63, 3.8) is 0 Å². The topological polar surface area (TPSA) is 142 Å². The van der Waals surface area contributed by atoms with E-state index in [9.17, 15) is 21.0 Å². The molecule has 2 atom stereocenters. The molecule has 10 nitrogen and oxygen atoms in total. The summed E-state index contributed by atoms with van der Waals surface area (Å²) >= 11 is 0. The van der Waals surface area contributed by atoms with Crippen LogP contribution in [0.25, 0.3) is 0 Å². The van der Waals surface area contributed by atoms with Crippen molar-refractivity contribution in [3.05, 3.63) is 190 Å². The Hall–Kier alpha value is -7.84. The minimum absolute atomic E-state index is 0.419. The van der Waals surface area contributed by atoms with Gasteiger partial charge in [-0.05, 0) is 183 Å². The Labute approximate surface area is 360 Å². The van der Waals surface area contributed by atoms with Crippen LogP contribution in [-0.2, 0) is 9.13 Å². The van der Waals surface area contributed by atoms with Gasteiger partial charge in [0.15, 0.2) is 0 Å². The molecule has 7 aromatic carbocycles. The summed E-state index contributed by atoms with van der Waals surface area (Å²) in [5, 5.41) is 40.5. The first-order valence-electron chi connectivity index (χ1n) is 19.7. The Morgan fingerprint density at radius 3 is 0.839 bits per heavy atom. The fourth-order valence-corrected chi connectivity index (χ4v) is 15.0.